The van der Waals surface area contributed by atoms with Gasteiger partial charge in [0.1, 0.15) is 0 Å². The van der Waals surface area contributed by atoms with Crippen molar-refractivity contribution in [2.24, 2.45) is 22.7 Å². The van der Waals surface area contributed by atoms with Gasteiger partial charge in [-0.15, -0.1) is 0 Å². The fourth-order valence-electron chi connectivity index (χ4n) is 10.6. The zero-order chi connectivity index (χ0) is 33.0. The molecule has 0 nitrogen and oxygen atoms in total. The Balaban J connectivity index is 2.35. The Kier molecular flexibility index (Phi) is 25.5. The van der Waals surface area contributed by atoms with Gasteiger partial charge in [-0.05, 0) is 74.0 Å². The van der Waals surface area contributed by atoms with Crippen LogP contribution < -0.4 is 0 Å². The summed E-state index contributed by atoms with van der Waals surface area (Å²) in [6.07, 6.45) is 57.3. The van der Waals surface area contributed by atoms with Crippen molar-refractivity contribution in [3.05, 3.63) is 0 Å². The van der Waals surface area contributed by atoms with Gasteiger partial charge < -0.3 is 0 Å². The monoisotopic (exact) mass is 643 g/mol. The van der Waals surface area contributed by atoms with Crippen LogP contribution in [0.5, 0.6) is 0 Å². The first-order valence-corrected chi connectivity index (χ1v) is 22.7. The van der Waals surface area contributed by atoms with E-state index in [1.54, 1.807) is 51.4 Å². The van der Waals surface area contributed by atoms with Crippen molar-refractivity contribution in [3.8, 4) is 0 Å². The summed E-state index contributed by atoms with van der Waals surface area (Å²) in [4.78, 5) is 0. The van der Waals surface area contributed by atoms with E-state index in [4.69, 9.17) is 0 Å². The smallest absolute Gasteiger partial charge is 0.0264 e. The Morgan fingerprint density at radius 1 is 0.326 bits per heavy atom. The van der Waals surface area contributed by atoms with Gasteiger partial charge in [-0.1, -0.05) is 220 Å². The average molecular weight is 643 g/mol. The van der Waals surface area contributed by atoms with E-state index >= 15 is 0 Å². The number of unbranched alkanes of at least 4 members (excludes halogenated alkanes) is 20. The molecular weight excluding hydrogens is 553 g/mol. The van der Waals surface area contributed by atoms with Crippen LogP contribution in [0.3, 0.4) is 0 Å². The van der Waals surface area contributed by atoms with Crippen LogP contribution in [-0.4, -0.2) is 0 Å². The van der Waals surface area contributed by atoms with E-state index in [-0.39, 0.29) is 0 Å². The van der Waals surface area contributed by atoms with Crippen molar-refractivity contribution in [2.75, 3.05) is 0 Å². The molecule has 2 atom stereocenters. The number of hydrogen-bond acceptors (Lipinski definition) is 0. The van der Waals surface area contributed by atoms with Crippen molar-refractivity contribution < 1.29 is 0 Å². The van der Waals surface area contributed by atoms with Crippen LogP contribution in [0.2, 0.25) is 0 Å². The van der Waals surface area contributed by atoms with Gasteiger partial charge in [0.15, 0.2) is 0 Å². The average Bonchev–Trinajstić information content (AvgIpc) is 3.11. The summed E-state index contributed by atoms with van der Waals surface area (Å²) in [5.41, 5.74) is 1.31. The molecular formula is C46H90. The fraction of sp³-hybridized carbons (Fsp3) is 1.00. The normalized spacial score (nSPS) is 21.7. The maximum absolute atomic E-state index is 2.38. The number of hydrogen-bond donors (Lipinski definition) is 0. The Hall–Kier alpha value is 0. The highest BCUT2D eigenvalue weighted by atomic mass is 14.6. The Bertz CT molecular complexity index is 560. The molecule has 2 rings (SSSR count). The molecule has 0 aromatic rings. The minimum absolute atomic E-state index is 0.657. The molecule has 0 heteroatoms. The lowest BCUT2D eigenvalue weighted by Crippen LogP contribution is -2.48. The molecule has 0 radical (unpaired) electrons. The summed E-state index contributed by atoms with van der Waals surface area (Å²) in [6.45, 7) is 9.51. The van der Waals surface area contributed by atoms with E-state index in [0.29, 0.717) is 10.8 Å². The Labute approximate surface area is 293 Å². The van der Waals surface area contributed by atoms with Crippen molar-refractivity contribution in [2.45, 2.75) is 272 Å². The molecule has 2 unspecified atom stereocenters. The molecule has 2 aliphatic carbocycles. The lowest BCUT2D eigenvalue weighted by Gasteiger charge is -2.58. The summed E-state index contributed by atoms with van der Waals surface area (Å²) in [5, 5.41) is 0. The standard InChI is InChI=1S/C46H90/c1-5-9-13-17-25-31-37-45(38-32-26-18-14-10-6-2)42-46(39-33-27-19-15-11-7-3,40-34-28-20-16-12-8-4)44-36-30-24-22-21-23-29-35-43(45)41-44/h43-44H,5-42H2,1-4H3. The zero-order valence-electron chi connectivity index (χ0n) is 33.0. The first kappa shape index (κ1) is 42.2. The molecule has 0 N–H and O–H groups in total. The van der Waals surface area contributed by atoms with Crippen LogP contribution in [0.4, 0.5) is 0 Å². The van der Waals surface area contributed by atoms with Crippen molar-refractivity contribution >= 4 is 0 Å². The SMILES string of the molecule is CCCCCCCCC1(CCCCCCCC)CC(CCCCCCCC)(CCCCCCCC)C2CCCCCCCCC1C2. The molecule has 2 aliphatic rings. The second kappa shape index (κ2) is 27.8. The molecule has 0 heterocycles. The highest BCUT2D eigenvalue weighted by Crippen LogP contribution is 2.63. The zero-order valence-corrected chi connectivity index (χ0v) is 33.0. The van der Waals surface area contributed by atoms with Crippen molar-refractivity contribution in [1.82, 2.24) is 0 Å². The van der Waals surface area contributed by atoms with Gasteiger partial charge >= 0.3 is 0 Å². The summed E-state index contributed by atoms with van der Waals surface area (Å²) in [6, 6.07) is 0. The van der Waals surface area contributed by atoms with Crippen molar-refractivity contribution in [3.63, 3.8) is 0 Å². The van der Waals surface area contributed by atoms with E-state index in [2.05, 4.69) is 27.7 Å². The van der Waals surface area contributed by atoms with E-state index in [1.165, 1.54) is 193 Å². The topological polar surface area (TPSA) is 0 Å². The van der Waals surface area contributed by atoms with Gasteiger partial charge in [0.25, 0.3) is 0 Å². The third-order valence-electron chi connectivity index (χ3n) is 13.5. The first-order chi connectivity index (χ1) is 22.7. The molecule has 2 saturated carbocycles. The minimum Gasteiger partial charge on any atom is -0.0654 e. The maximum atomic E-state index is 2.38. The third-order valence-corrected chi connectivity index (χ3v) is 13.5. The van der Waals surface area contributed by atoms with Crippen LogP contribution in [0.15, 0.2) is 0 Å². The van der Waals surface area contributed by atoms with Gasteiger partial charge in [0, 0.05) is 0 Å². The van der Waals surface area contributed by atoms with E-state index in [1.807, 2.05) is 0 Å². The Morgan fingerprint density at radius 3 is 0.891 bits per heavy atom. The Morgan fingerprint density at radius 2 is 0.587 bits per heavy atom. The van der Waals surface area contributed by atoms with Crippen molar-refractivity contribution in [1.29, 1.82) is 0 Å². The third kappa shape index (κ3) is 17.1. The van der Waals surface area contributed by atoms with E-state index < -0.39 is 0 Å². The van der Waals surface area contributed by atoms with E-state index in [0.717, 1.165) is 11.8 Å². The highest BCUT2D eigenvalue weighted by Gasteiger charge is 2.52. The molecule has 0 spiro atoms. The van der Waals surface area contributed by atoms with Crippen LogP contribution in [0.25, 0.3) is 0 Å². The van der Waals surface area contributed by atoms with Gasteiger partial charge in [-0.3, -0.25) is 0 Å². The molecule has 0 aliphatic heterocycles. The number of rotatable bonds is 28. The molecule has 0 aromatic heterocycles. The first-order valence-electron chi connectivity index (χ1n) is 22.7. The summed E-state index contributed by atoms with van der Waals surface area (Å²) >= 11 is 0. The second-order valence-corrected chi connectivity index (χ2v) is 17.3. The van der Waals surface area contributed by atoms with Crippen LogP contribution in [0.1, 0.15) is 272 Å². The fourth-order valence-corrected chi connectivity index (χ4v) is 10.6. The van der Waals surface area contributed by atoms with Gasteiger partial charge in [0.05, 0.1) is 0 Å². The molecule has 0 saturated heterocycles. The largest absolute Gasteiger partial charge is 0.0654 e. The van der Waals surface area contributed by atoms with Gasteiger partial charge in [-0.25, -0.2) is 0 Å². The number of fused-ring (bicyclic) bond motifs is 2. The maximum Gasteiger partial charge on any atom is -0.0264 e. The summed E-state index contributed by atoms with van der Waals surface area (Å²) in [5.74, 6) is 2.06. The molecule has 0 amide bonds. The van der Waals surface area contributed by atoms with E-state index in [9.17, 15) is 0 Å². The molecule has 46 heavy (non-hydrogen) atoms. The van der Waals surface area contributed by atoms with Crippen LogP contribution >= 0.6 is 0 Å². The predicted octanol–water partition coefficient (Wildman–Crippen LogP) is 17.1. The van der Waals surface area contributed by atoms with Crippen LogP contribution in [-0.2, 0) is 0 Å². The van der Waals surface area contributed by atoms with Crippen LogP contribution in [0, 0.1) is 22.7 Å². The molecule has 274 valence electrons. The molecule has 2 fully saturated rings. The van der Waals surface area contributed by atoms with Gasteiger partial charge in [0.2, 0.25) is 0 Å². The summed E-state index contributed by atoms with van der Waals surface area (Å²) < 4.78 is 0. The molecule has 0 aromatic carbocycles. The second-order valence-electron chi connectivity index (χ2n) is 17.3. The lowest BCUT2D eigenvalue weighted by atomic mass is 9.47. The summed E-state index contributed by atoms with van der Waals surface area (Å²) in [7, 11) is 0. The lowest BCUT2D eigenvalue weighted by molar-refractivity contribution is -0.0782. The molecule has 2 bridgehead atoms. The quantitative estimate of drug-likeness (QED) is 0.0745. The minimum atomic E-state index is 0.657. The van der Waals surface area contributed by atoms with Gasteiger partial charge in [-0.2, -0.15) is 0 Å². The predicted molar refractivity (Wildman–Crippen MR) is 210 cm³/mol. The highest BCUT2D eigenvalue weighted by molar-refractivity contribution is 5.02.